The molecule has 4 fully saturated rings. The van der Waals surface area contributed by atoms with Crippen molar-refractivity contribution in [3.63, 3.8) is 0 Å². The number of carbonyl (C=O) groups excluding carboxylic acids is 3. The Hall–Kier alpha value is -2.49. The van der Waals surface area contributed by atoms with Gasteiger partial charge in [-0.2, -0.15) is 0 Å². The molecule has 3 N–H and O–H groups in total. The largest absolute Gasteiger partial charge is 0.369 e. The number of piperazine rings is 1. The first-order valence-electron chi connectivity index (χ1n) is 12.5. The number of nitrogens with zero attached hydrogens (tertiary/aromatic N) is 3. The number of Topliss-reactive ketones (excluding diaryl/α,β-unsaturated/α-hetero) is 1. The highest BCUT2D eigenvalue weighted by Crippen LogP contribution is 2.36. The summed E-state index contributed by atoms with van der Waals surface area (Å²) in [4.78, 5) is 45.7. The average molecular weight is 470 g/mol. The zero-order valence-corrected chi connectivity index (χ0v) is 19.9. The van der Waals surface area contributed by atoms with E-state index in [4.69, 9.17) is 10.5 Å². The number of hydrogen-bond acceptors (Lipinski definition) is 7. The van der Waals surface area contributed by atoms with Crippen LogP contribution in [-0.2, 0) is 14.3 Å². The number of ketones is 1. The second kappa shape index (κ2) is 9.28. The zero-order chi connectivity index (χ0) is 23.9. The SMILES string of the molecule is CCN1CCN(c2ccc(C(=O)NC3(C(=O)N4C[C@H](N)[C@@H]5OCC(=O)[C@H]54)CCCC3)cc2)CC1. The molecule has 9 heteroatoms. The lowest BCUT2D eigenvalue weighted by molar-refractivity contribution is -0.142. The summed E-state index contributed by atoms with van der Waals surface area (Å²) in [6, 6.07) is 6.61. The van der Waals surface area contributed by atoms with Crippen molar-refractivity contribution in [2.45, 2.75) is 56.3 Å². The predicted molar refractivity (Wildman–Crippen MR) is 128 cm³/mol. The van der Waals surface area contributed by atoms with Gasteiger partial charge in [-0.05, 0) is 43.7 Å². The van der Waals surface area contributed by atoms with Crippen molar-refractivity contribution in [2.75, 3.05) is 50.8 Å². The highest BCUT2D eigenvalue weighted by Gasteiger charge is 2.55. The molecule has 0 bridgehead atoms. The fourth-order valence-corrected chi connectivity index (χ4v) is 5.98. The standard InChI is InChI=1S/C25H35N5O4/c1-2-28-11-13-29(14-12-28)18-7-5-17(6-8-18)23(32)27-25(9-3-4-10-25)24(33)30-15-19(26)22-21(30)20(31)16-34-22/h5-8,19,21-22H,2-4,9-16,26H2,1H3,(H,27,32)/t19-,21+,22-/m0/s1. The van der Waals surface area contributed by atoms with Crippen LogP contribution in [0, 0.1) is 0 Å². The lowest BCUT2D eigenvalue weighted by atomic mass is 9.93. The molecule has 0 unspecified atom stereocenters. The molecule has 3 aliphatic heterocycles. The van der Waals surface area contributed by atoms with Crippen molar-refractivity contribution in [1.29, 1.82) is 0 Å². The third kappa shape index (κ3) is 4.10. The van der Waals surface area contributed by atoms with E-state index in [1.807, 2.05) is 24.3 Å². The number of likely N-dealkylation sites (N-methyl/N-ethyl adjacent to an activating group) is 1. The molecule has 0 aromatic heterocycles. The number of nitrogens with one attached hydrogen (secondary N) is 1. The highest BCUT2D eigenvalue weighted by atomic mass is 16.5. The van der Waals surface area contributed by atoms with Crippen molar-refractivity contribution in [1.82, 2.24) is 15.1 Å². The summed E-state index contributed by atoms with van der Waals surface area (Å²) in [5, 5.41) is 3.06. The molecule has 34 heavy (non-hydrogen) atoms. The Labute approximate surface area is 200 Å². The summed E-state index contributed by atoms with van der Waals surface area (Å²) in [7, 11) is 0. The van der Waals surface area contributed by atoms with Crippen LogP contribution in [0.2, 0.25) is 0 Å². The topological polar surface area (TPSA) is 108 Å². The molecule has 2 amide bonds. The van der Waals surface area contributed by atoms with Gasteiger partial charge in [-0.3, -0.25) is 14.4 Å². The Balaban J connectivity index is 1.28. The lowest BCUT2D eigenvalue weighted by Gasteiger charge is -2.36. The van der Waals surface area contributed by atoms with Gasteiger partial charge in [-0.25, -0.2) is 0 Å². The quantitative estimate of drug-likeness (QED) is 0.642. The third-order valence-electron chi connectivity index (χ3n) is 8.02. The predicted octanol–water partition coefficient (Wildman–Crippen LogP) is 0.377. The molecule has 5 rings (SSSR count). The van der Waals surface area contributed by atoms with Gasteiger partial charge in [0, 0.05) is 44.0 Å². The second-order valence-corrected chi connectivity index (χ2v) is 10.0. The zero-order valence-electron chi connectivity index (χ0n) is 19.9. The van der Waals surface area contributed by atoms with E-state index < -0.39 is 17.7 Å². The fourth-order valence-electron chi connectivity index (χ4n) is 5.98. The van der Waals surface area contributed by atoms with Crippen LogP contribution in [0.1, 0.15) is 43.0 Å². The maximum Gasteiger partial charge on any atom is 0.252 e. The van der Waals surface area contributed by atoms with Gasteiger partial charge in [0.2, 0.25) is 5.91 Å². The molecular weight excluding hydrogens is 434 g/mol. The van der Waals surface area contributed by atoms with Crippen LogP contribution in [0.4, 0.5) is 5.69 Å². The number of amides is 2. The van der Waals surface area contributed by atoms with Crippen LogP contribution in [0.5, 0.6) is 0 Å². The van der Waals surface area contributed by atoms with Crippen molar-refractivity contribution in [2.24, 2.45) is 5.73 Å². The summed E-state index contributed by atoms with van der Waals surface area (Å²) < 4.78 is 5.54. The first-order chi connectivity index (χ1) is 16.4. The molecule has 1 aliphatic carbocycles. The van der Waals surface area contributed by atoms with Crippen molar-refractivity contribution in [3.05, 3.63) is 29.8 Å². The summed E-state index contributed by atoms with van der Waals surface area (Å²) in [6.45, 7) is 7.54. The third-order valence-corrected chi connectivity index (χ3v) is 8.02. The minimum Gasteiger partial charge on any atom is -0.369 e. The smallest absolute Gasteiger partial charge is 0.252 e. The molecule has 3 saturated heterocycles. The number of hydrogen-bond donors (Lipinski definition) is 2. The number of rotatable bonds is 5. The Morgan fingerprint density at radius 2 is 1.79 bits per heavy atom. The minimum atomic E-state index is -0.996. The molecule has 9 nitrogen and oxygen atoms in total. The summed E-state index contributed by atoms with van der Waals surface area (Å²) in [6.07, 6.45) is 2.39. The second-order valence-electron chi connectivity index (χ2n) is 10.0. The number of benzene rings is 1. The van der Waals surface area contributed by atoms with Gasteiger partial charge in [0.1, 0.15) is 24.3 Å². The number of carbonyl (C=O) groups is 3. The molecule has 0 spiro atoms. The van der Waals surface area contributed by atoms with E-state index in [-0.39, 0.29) is 36.8 Å². The van der Waals surface area contributed by atoms with Gasteiger partial charge >= 0.3 is 0 Å². The van der Waals surface area contributed by atoms with E-state index in [0.717, 1.165) is 51.3 Å². The molecule has 4 aliphatic rings. The number of fused-ring (bicyclic) bond motifs is 1. The summed E-state index contributed by atoms with van der Waals surface area (Å²) in [5.41, 5.74) is 6.82. The molecule has 0 radical (unpaired) electrons. The minimum absolute atomic E-state index is 0.00792. The van der Waals surface area contributed by atoms with E-state index >= 15 is 0 Å². The number of nitrogens with two attached hydrogens (primary N) is 1. The molecule has 1 aromatic rings. The maximum absolute atomic E-state index is 13.7. The van der Waals surface area contributed by atoms with Crippen LogP contribution in [0.3, 0.4) is 0 Å². The molecule has 3 atom stereocenters. The average Bonchev–Trinajstić information content (AvgIpc) is 3.57. The first kappa shape index (κ1) is 23.3. The lowest BCUT2D eigenvalue weighted by Crippen LogP contribution is -2.60. The van der Waals surface area contributed by atoms with Crippen molar-refractivity contribution < 1.29 is 19.1 Å². The van der Waals surface area contributed by atoms with E-state index in [9.17, 15) is 14.4 Å². The van der Waals surface area contributed by atoms with E-state index in [1.54, 1.807) is 4.90 Å². The van der Waals surface area contributed by atoms with Crippen LogP contribution in [-0.4, -0.2) is 97.0 Å². The molecular formula is C25H35N5O4. The summed E-state index contributed by atoms with van der Waals surface area (Å²) in [5.74, 6) is -0.571. The van der Waals surface area contributed by atoms with Crippen LogP contribution >= 0.6 is 0 Å². The molecule has 3 heterocycles. The number of ether oxygens (including phenoxy) is 1. The van der Waals surface area contributed by atoms with E-state index in [1.165, 1.54) is 0 Å². The van der Waals surface area contributed by atoms with Gasteiger partial charge in [0.15, 0.2) is 5.78 Å². The Kier molecular flexibility index (Phi) is 6.35. The van der Waals surface area contributed by atoms with Gasteiger partial charge in [-0.15, -0.1) is 0 Å². The Morgan fingerprint density at radius 3 is 2.44 bits per heavy atom. The normalized spacial score (nSPS) is 28.9. The van der Waals surface area contributed by atoms with Crippen molar-refractivity contribution >= 4 is 23.3 Å². The highest BCUT2D eigenvalue weighted by molar-refractivity contribution is 6.01. The van der Waals surface area contributed by atoms with E-state index in [2.05, 4.69) is 22.0 Å². The number of anilines is 1. The number of likely N-dealkylation sites (tertiary alicyclic amines) is 1. The monoisotopic (exact) mass is 469 g/mol. The van der Waals surface area contributed by atoms with Gasteiger partial charge < -0.3 is 30.5 Å². The fraction of sp³-hybridized carbons (Fsp3) is 0.640. The van der Waals surface area contributed by atoms with Gasteiger partial charge in [-0.1, -0.05) is 19.8 Å². The van der Waals surface area contributed by atoms with Gasteiger partial charge in [0.25, 0.3) is 5.91 Å². The Morgan fingerprint density at radius 1 is 1.12 bits per heavy atom. The van der Waals surface area contributed by atoms with Gasteiger partial charge in [0.05, 0.1) is 6.04 Å². The molecule has 1 aromatic carbocycles. The van der Waals surface area contributed by atoms with Crippen LogP contribution in [0.25, 0.3) is 0 Å². The molecule has 184 valence electrons. The van der Waals surface area contributed by atoms with E-state index in [0.29, 0.717) is 18.4 Å². The molecule has 1 saturated carbocycles. The Bertz CT molecular complexity index is 937. The maximum atomic E-state index is 13.7. The van der Waals surface area contributed by atoms with Crippen molar-refractivity contribution in [3.8, 4) is 0 Å². The van der Waals surface area contributed by atoms with Crippen LogP contribution < -0.4 is 16.0 Å². The summed E-state index contributed by atoms with van der Waals surface area (Å²) >= 11 is 0. The first-order valence-corrected chi connectivity index (χ1v) is 12.5. The van der Waals surface area contributed by atoms with Crippen LogP contribution in [0.15, 0.2) is 24.3 Å².